The molecule has 0 aliphatic carbocycles. The van der Waals surface area contributed by atoms with Crippen molar-refractivity contribution in [2.24, 2.45) is 5.41 Å². The molecule has 0 bridgehead atoms. The van der Waals surface area contributed by atoms with Crippen molar-refractivity contribution in [1.29, 1.82) is 0 Å². The summed E-state index contributed by atoms with van der Waals surface area (Å²) < 4.78 is 85.7. The fourth-order valence-electron chi connectivity index (χ4n) is 8.69. The minimum Gasteiger partial charge on any atom is -0.468 e. The molecular weight excluding hydrogens is 760 g/mol. The molecule has 1 aromatic carbocycles. The second kappa shape index (κ2) is 15.7. The maximum atomic E-state index is 14.8. The number of ether oxygens (including phenoxy) is 2. The van der Waals surface area contributed by atoms with Crippen LogP contribution in [0.2, 0.25) is 0 Å². The molecule has 0 radical (unpaired) electrons. The van der Waals surface area contributed by atoms with Gasteiger partial charge in [0.15, 0.2) is 5.65 Å². The highest BCUT2D eigenvalue weighted by Crippen LogP contribution is 2.45. The van der Waals surface area contributed by atoms with Gasteiger partial charge in [0.1, 0.15) is 16.3 Å². The number of halogens is 3. The first-order chi connectivity index (χ1) is 26.9. The molecule has 0 amide bonds. The van der Waals surface area contributed by atoms with Crippen LogP contribution in [0.25, 0.3) is 5.65 Å². The van der Waals surface area contributed by atoms with Gasteiger partial charge in [-0.05, 0) is 105 Å². The molecule has 3 aliphatic heterocycles. The fraction of sp³-hybridized carbons (Fsp3) is 0.585. The smallest absolute Gasteiger partial charge is 0.452 e. The summed E-state index contributed by atoms with van der Waals surface area (Å²) in [4.78, 5) is 7.33. The largest absolute Gasteiger partial charge is 0.468 e. The SMILES string of the molecule is Cc1ccc([C@H](c2ccn3c(C(F)(F)F)nnc3c2C)C(C)(C)CO)cc1CN1CC2(CCOCC2)Oc2nc(NC(C)CN3CCCCC3)c(C)cc2S1(=O)=O. The topological polar surface area (TPSA) is 134 Å². The van der Waals surface area contributed by atoms with Gasteiger partial charge in [0.25, 0.3) is 0 Å². The highest BCUT2D eigenvalue weighted by atomic mass is 32.2. The molecule has 2 N–H and O–H groups in total. The number of hydrogen-bond acceptors (Lipinski definition) is 10. The molecule has 3 aliphatic rings. The van der Waals surface area contributed by atoms with Crippen LogP contribution < -0.4 is 10.1 Å². The molecule has 2 fully saturated rings. The summed E-state index contributed by atoms with van der Waals surface area (Å²) in [5.41, 5.74) is 2.67. The number of rotatable bonds is 10. The van der Waals surface area contributed by atoms with Crippen LogP contribution in [0.1, 0.15) is 98.0 Å². The maximum absolute atomic E-state index is 14.8. The number of aromatic nitrogens is 4. The molecule has 2 atom stereocenters. The van der Waals surface area contributed by atoms with Gasteiger partial charge >= 0.3 is 6.18 Å². The molecule has 310 valence electrons. The van der Waals surface area contributed by atoms with Gasteiger partial charge in [-0.15, -0.1) is 10.2 Å². The molecule has 1 unspecified atom stereocenters. The summed E-state index contributed by atoms with van der Waals surface area (Å²) in [6, 6.07) is 9.17. The number of nitrogens with zero attached hydrogens (tertiary/aromatic N) is 6. The molecule has 2 saturated heterocycles. The predicted octanol–water partition coefficient (Wildman–Crippen LogP) is 6.64. The number of hydrogen-bond donors (Lipinski definition) is 2. The molecule has 0 saturated carbocycles. The highest BCUT2D eigenvalue weighted by molar-refractivity contribution is 7.89. The summed E-state index contributed by atoms with van der Waals surface area (Å²) in [6.07, 6.45) is 1.23. The van der Waals surface area contributed by atoms with Crippen LogP contribution in [-0.2, 0) is 27.5 Å². The van der Waals surface area contributed by atoms with Crippen molar-refractivity contribution < 1.29 is 36.2 Å². The second-order valence-corrected chi connectivity index (χ2v) is 18.8. The Morgan fingerprint density at radius 2 is 1.72 bits per heavy atom. The van der Waals surface area contributed by atoms with Gasteiger partial charge in [-0.1, -0.05) is 38.5 Å². The number of likely N-dealkylation sites (tertiary alicyclic amines) is 1. The lowest BCUT2D eigenvalue weighted by Crippen LogP contribution is -2.50. The molecule has 3 aromatic heterocycles. The number of aryl methyl sites for hydroxylation is 3. The number of fused-ring (bicyclic) bond motifs is 2. The second-order valence-electron chi connectivity index (χ2n) is 16.9. The van der Waals surface area contributed by atoms with E-state index in [4.69, 9.17) is 14.5 Å². The molecule has 16 heteroatoms. The Balaban J connectivity index is 1.25. The quantitative estimate of drug-likeness (QED) is 0.180. The Morgan fingerprint density at radius 3 is 2.40 bits per heavy atom. The number of aliphatic hydroxyl groups is 1. The highest BCUT2D eigenvalue weighted by Gasteiger charge is 2.46. The van der Waals surface area contributed by atoms with Gasteiger partial charge in [0, 0.05) is 50.7 Å². The Bertz CT molecular complexity index is 2220. The average Bonchev–Trinajstić information content (AvgIpc) is 3.59. The molecule has 12 nitrogen and oxygen atoms in total. The van der Waals surface area contributed by atoms with Gasteiger partial charge in [-0.25, -0.2) is 8.42 Å². The maximum Gasteiger partial charge on any atom is 0.452 e. The lowest BCUT2D eigenvalue weighted by Gasteiger charge is -2.38. The van der Waals surface area contributed by atoms with Crippen LogP contribution in [0, 0.1) is 26.2 Å². The van der Waals surface area contributed by atoms with E-state index in [1.54, 1.807) is 19.1 Å². The van der Waals surface area contributed by atoms with E-state index in [-0.39, 0.29) is 42.2 Å². The van der Waals surface area contributed by atoms with Crippen molar-refractivity contribution in [2.75, 3.05) is 51.3 Å². The number of nitrogens with one attached hydrogen (secondary N) is 1. The van der Waals surface area contributed by atoms with Crippen molar-refractivity contribution >= 4 is 21.5 Å². The summed E-state index contributed by atoms with van der Waals surface area (Å²) >= 11 is 0. The predicted molar refractivity (Wildman–Crippen MR) is 210 cm³/mol. The van der Waals surface area contributed by atoms with Crippen LogP contribution in [-0.4, -0.2) is 100.0 Å². The van der Waals surface area contributed by atoms with E-state index in [0.29, 0.717) is 48.6 Å². The molecule has 4 aromatic rings. The third kappa shape index (κ3) is 8.25. The number of piperidine rings is 1. The van der Waals surface area contributed by atoms with Crippen molar-refractivity contribution in [1.82, 2.24) is 28.8 Å². The van der Waals surface area contributed by atoms with Gasteiger partial charge in [-0.3, -0.25) is 4.40 Å². The van der Waals surface area contributed by atoms with E-state index >= 15 is 0 Å². The first-order valence-electron chi connectivity index (χ1n) is 19.8. The van der Waals surface area contributed by atoms with Gasteiger partial charge in [-0.2, -0.15) is 22.5 Å². The minimum atomic E-state index is -4.69. The monoisotopic (exact) mass is 813 g/mol. The number of anilines is 1. The zero-order chi connectivity index (χ0) is 40.9. The van der Waals surface area contributed by atoms with E-state index in [2.05, 4.69) is 27.3 Å². The molecule has 57 heavy (non-hydrogen) atoms. The Labute approximate surface area is 332 Å². The van der Waals surface area contributed by atoms with Gasteiger partial charge in [0.05, 0.1) is 19.8 Å². The van der Waals surface area contributed by atoms with Crippen molar-refractivity contribution in [3.63, 3.8) is 0 Å². The number of pyridine rings is 2. The molecule has 6 heterocycles. The van der Waals surface area contributed by atoms with Crippen LogP contribution in [0.5, 0.6) is 5.88 Å². The standard InChI is InChI=1S/C41H54F3N7O5S/c1-26-10-11-30(34(39(5,6)25-52)32-12-17-51-36(29(32)4)47-48-38(51)41(42,43)44)21-31(26)23-50-24-40(13-18-55-19-14-40)56-37-33(57(50,53)54)20-27(2)35(46-37)45-28(3)22-49-15-8-7-9-16-49/h10-12,17,20-21,28,34,52H,7-9,13-16,18-19,22-25H2,1-6H3,(H,45,46)/t28?,34-/m1/s1. The zero-order valence-corrected chi connectivity index (χ0v) is 34.4. The third-order valence-electron chi connectivity index (χ3n) is 12.0. The molecular formula is C41H54F3N7O5S. The number of benzene rings is 1. The summed E-state index contributed by atoms with van der Waals surface area (Å²) in [5.74, 6) is -0.936. The van der Waals surface area contributed by atoms with Gasteiger partial charge in [0.2, 0.25) is 21.7 Å². The Morgan fingerprint density at radius 1 is 1.00 bits per heavy atom. The Kier molecular flexibility index (Phi) is 11.4. The van der Waals surface area contributed by atoms with Crippen LogP contribution in [0.4, 0.5) is 19.0 Å². The van der Waals surface area contributed by atoms with E-state index in [0.717, 1.165) is 40.7 Å². The number of alkyl halides is 3. The van der Waals surface area contributed by atoms with Crippen molar-refractivity contribution in [2.45, 2.75) is 109 Å². The van der Waals surface area contributed by atoms with E-state index in [9.17, 15) is 26.7 Å². The van der Waals surface area contributed by atoms with E-state index < -0.39 is 39.0 Å². The fourth-order valence-corrected chi connectivity index (χ4v) is 10.3. The molecule has 1 spiro atoms. The zero-order valence-electron chi connectivity index (χ0n) is 33.6. The summed E-state index contributed by atoms with van der Waals surface area (Å²) in [7, 11) is -4.14. The van der Waals surface area contributed by atoms with Crippen molar-refractivity contribution in [3.05, 3.63) is 75.7 Å². The summed E-state index contributed by atoms with van der Waals surface area (Å²) in [6.45, 7) is 15.1. The number of sulfonamides is 1. The third-order valence-corrected chi connectivity index (χ3v) is 13.8. The van der Waals surface area contributed by atoms with Crippen LogP contribution in [0.15, 0.2) is 41.4 Å². The van der Waals surface area contributed by atoms with Crippen LogP contribution in [0.3, 0.4) is 0 Å². The molecule has 7 rings (SSSR count). The van der Waals surface area contributed by atoms with E-state index in [1.807, 2.05) is 45.9 Å². The normalized spacial score (nSPS) is 20.2. The van der Waals surface area contributed by atoms with Crippen LogP contribution >= 0.6 is 0 Å². The lowest BCUT2D eigenvalue weighted by atomic mass is 9.70. The number of aliphatic hydroxyl groups excluding tert-OH is 1. The first kappa shape index (κ1) is 41.3. The van der Waals surface area contributed by atoms with Crippen molar-refractivity contribution in [3.8, 4) is 5.88 Å². The lowest BCUT2D eigenvalue weighted by molar-refractivity contribution is -0.145. The van der Waals surface area contributed by atoms with E-state index in [1.165, 1.54) is 29.8 Å². The van der Waals surface area contributed by atoms with Gasteiger partial charge < -0.3 is 24.8 Å². The minimum absolute atomic E-state index is 0.0150. The summed E-state index contributed by atoms with van der Waals surface area (Å²) in [5, 5.41) is 21.5. The Hall–Kier alpha value is -3.83. The average molecular weight is 814 g/mol. The first-order valence-corrected chi connectivity index (χ1v) is 21.3.